The number of imide groups is 1. The Kier molecular flexibility index (Phi) is 3.60. The second kappa shape index (κ2) is 5.44. The fourth-order valence-electron chi connectivity index (χ4n) is 2.13. The number of hydrogen-bond donors (Lipinski definition) is 1. The minimum Gasteiger partial charge on any atom is -0.267 e. The average molecular weight is 335 g/mol. The van der Waals surface area contributed by atoms with Crippen molar-refractivity contribution in [2.75, 3.05) is 0 Å². The SMILES string of the molecule is O=C(NN1C(=O)c2ccccc2C1=O)c1ccc(Cl)cc1Cl. The Morgan fingerprint density at radius 2 is 1.55 bits per heavy atom. The lowest BCUT2D eigenvalue weighted by Gasteiger charge is -2.15. The molecule has 0 unspecified atom stereocenters. The summed E-state index contributed by atoms with van der Waals surface area (Å²) < 4.78 is 0. The van der Waals surface area contributed by atoms with Crippen LogP contribution in [0.5, 0.6) is 0 Å². The normalized spacial score (nSPS) is 13.3. The number of fused-ring (bicyclic) bond motifs is 1. The first-order valence-electron chi connectivity index (χ1n) is 6.23. The molecule has 0 aromatic heterocycles. The molecule has 0 aliphatic carbocycles. The van der Waals surface area contributed by atoms with Gasteiger partial charge in [-0.25, -0.2) is 0 Å². The van der Waals surface area contributed by atoms with Crippen molar-refractivity contribution in [3.63, 3.8) is 0 Å². The van der Waals surface area contributed by atoms with Gasteiger partial charge in [0.05, 0.1) is 21.7 Å². The molecule has 0 bridgehead atoms. The second-order valence-electron chi connectivity index (χ2n) is 4.56. The first-order chi connectivity index (χ1) is 10.5. The summed E-state index contributed by atoms with van der Waals surface area (Å²) in [4.78, 5) is 36.5. The van der Waals surface area contributed by atoms with Crippen LogP contribution in [0.2, 0.25) is 10.0 Å². The van der Waals surface area contributed by atoms with Gasteiger partial charge in [0.25, 0.3) is 17.7 Å². The highest BCUT2D eigenvalue weighted by Crippen LogP contribution is 2.23. The number of nitrogens with zero attached hydrogens (tertiary/aromatic N) is 1. The molecule has 1 heterocycles. The molecule has 5 nitrogen and oxygen atoms in total. The van der Waals surface area contributed by atoms with Gasteiger partial charge in [0.15, 0.2) is 0 Å². The molecule has 1 aliphatic heterocycles. The van der Waals surface area contributed by atoms with Crippen LogP contribution in [0.15, 0.2) is 42.5 Å². The second-order valence-corrected chi connectivity index (χ2v) is 5.40. The van der Waals surface area contributed by atoms with Crippen molar-refractivity contribution in [1.29, 1.82) is 0 Å². The van der Waals surface area contributed by atoms with E-state index >= 15 is 0 Å². The van der Waals surface area contributed by atoms with Crippen LogP contribution in [0, 0.1) is 0 Å². The average Bonchev–Trinajstić information content (AvgIpc) is 2.73. The maximum atomic E-state index is 12.2. The molecule has 0 spiro atoms. The molecule has 110 valence electrons. The zero-order valence-electron chi connectivity index (χ0n) is 11.0. The van der Waals surface area contributed by atoms with Crippen LogP contribution in [0.3, 0.4) is 0 Å². The van der Waals surface area contributed by atoms with Crippen molar-refractivity contribution in [3.05, 3.63) is 69.2 Å². The third-order valence-corrected chi connectivity index (χ3v) is 3.73. The molecule has 0 saturated carbocycles. The highest BCUT2D eigenvalue weighted by atomic mass is 35.5. The van der Waals surface area contributed by atoms with E-state index in [2.05, 4.69) is 5.43 Å². The molecule has 0 fully saturated rings. The summed E-state index contributed by atoms with van der Waals surface area (Å²) in [5, 5.41) is 1.18. The van der Waals surface area contributed by atoms with Gasteiger partial charge in [-0.05, 0) is 30.3 Å². The summed E-state index contributed by atoms with van der Waals surface area (Å²) in [5.74, 6) is -1.84. The Balaban J connectivity index is 1.87. The van der Waals surface area contributed by atoms with Crippen LogP contribution in [-0.2, 0) is 0 Å². The Morgan fingerprint density at radius 3 is 2.09 bits per heavy atom. The fraction of sp³-hybridized carbons (Fsp3) is 0. The number of benzene rings is 2. The number of amides is 3. The van der Waals surface area contributed by atoms with E-state index in [0.717, 1.165) is 0 Å². The van der Waals surface area contributed by atoms with Gasteiger partial charge in [-0.15, -0.1) is 0 Å². The Labute approximate surface area is 135 Å². The molecule has 22 heavy (non-hydrogen) atoms. The van der Waals surface area contributed by atoms with Crippen molar-refractivity contribution >= 4 is 40.9 Å². The van der Waals surface area contributed by atoms with E-state index < -0.39 is 17.7 Å². The van der Waals surface area contributed by atoms with E-state index in [0.29, 0.717) is 10.0 Å². The molecule has 0 radical (unpaired) electrons. The molecule has 0 atom stereocenters. The Bertz CT molecular complexity index is 785. The Morgan fingerprint density at radius 1 is 0.955 bits per heavy atom. The van der Waals surface area contributed by atoms with Crippen molar-refractivity contribution in [2.24, 2.45) is 0 Å². The lowest BCUT2D eigenvalue weighted by molar-refractivity contribution is 0.0518. The number of hydrazine groups is 1. The van der Waals surface area contributed by atoms with Crippen LogP contribution in [-0.4, -0.2) is 22.7 Å². The summed E-state index contributed by atoms with van der Waals surface area (Å²) in [6.45, 7) is 0. The van der Waals surface area contributed by atoms with E-state index in [1.54, 1.807) is 12.1 Å². The molecule has 2 aromatic rings. The zero-order chi connectivity index (χ0) is 15.9. The summed E-state index contributed by atoms with van der Waals surface area (Å²) >= 11 is 11.7. The molecule has 1 N–H and O–H groups in total. The van der Waals surface area contributed by atoms with Crippen LogP contribution in [0.25, 0.3) is 0 Å². The fourth-order valence-corrected chi connectivity index (χ4v) is 2.62. The lowest BCUT2D eigenvalue weighted by atomic mass is 10.1. The third-order valence-electron chi connectivity index (χ3n) is 3.18. The molecular formula is C15H8Cl2N2O3. The summed E-state index contributed by atoms with van der Waals surface area (Å²) in [6.07, 6.45) is 0. The van der Waals surface area contributed by atoms with Crippen LogP contribution >= 0.6 is 23.2 Å². The first kappa shape index (κ1) is 14.6. The van der Waals surface area contributed by atoms with E-state index in [9.17, 15) is 14.4 Å². The van der Waals surface area contributed by atoms with Crippen molar-refractivity contribution < 1.29 is 14.4 Å². The van der Waals surface area contributed by atoms with Crippen LogP contribution in [0.1, 0.15) is 31.1 Å². The lowest BCUT2D eigenvalue weighted by Crippen LogP contribution is -2.45. The standard InChI is InChI=1S/C15H8Cl2N2O3/c16-8-5-6-11(12(17)7-8)13(20)18-19-14(21)9-3-1-2-4-10(9)15(19)22/h1-7H,(H,18,20). The maximum absolute atomic E-state index is 12.2. The van der Waals surface area contributed by atoms with Crippen molar-refractivity contribution in [3.8, 4) is 0 Å². The highest BCUT2D eigenvalue weighted by molar-refractivity contribution is 6.36. The molecule has 7 heteroatoms. The van der Waals surface area contributed by atoms with E-state index in [-0.39, 0.29) is 21.7 Å². The third kappa shape index (κ3) is 2.34. The molecule has 3 amide bonds. The number of carbonyl (C=O) groups is 3. The largest absolute Gasteiger partial charge is 0.280 e. The van der Waals surface area contributed by atoms with Gasteiger partial charge in [0, 0.05) is 5.02 Å². The van der Waals surface area contributed by atoms with Gasteiger partial charge in [-0.3, -0.25) is 19.8 Å². The van der Waals surface area contributed by atoms with Crippen molar-refractivity contribution in [1.82, 2.24) is 10.4 Å². The maximum Gasteiger partial charge on any atom is 0.280 e. The topological polar surface area (TPSA) is 66.5 Å². The minimum absolute atomic E-state index is 0.114. The number of nitrogens with one attached hydrogen (secondary N) is 1. The number of carbonyl (C=O) groups excluding carboxylic acids is 3. The molecule has 1 aliphatic rings. The van der Waals surface area contributed by atoms with Crippen LogP contribution < -0.4 is 5.43 Å². The quantitative estimate of drug-likeness (QED) is 0.858. The van der Waals surface area contributed by atoms with E-state index in [1.807, 2.05) is 0 Å². The molecular weight excluding hydrogens is 327 g/mol. The summed E-state index contributed by atoms with van der Waals surface area (Å²) in [5.41, 5.74) is 2.87. The van der Waals surface area contributed by atoms with Gasteiger partial charge >= 0.3 is 0 Å². The zero-order valence-corrected chi connectivity index (χ0v) is 12.5. The van der Waals surface area contributed by atoms with E-state index in [1.165, 1.54) is 30.3 Å². The van der Waals surface area contributed by atoms with Crippen molar-refractivity contribution in [2.45, 2.75) is 0 Å². The van der Waals surface area contributed by atoms with Gasteiger partial charge < -0.3 is 0 Å². The highest BCUT2D eigenvalue weighted by Gasteiger charge is 2.36. The van der Waals surface area contributed by atoms with Gasteiger partial charge in [0.1, 0.15) is 0 Å². The van der Waals surface area contributed by atoms with Gasteiger partial charge in [-0.2, -0.15) is 5.01 Å². The molecule has 2 aromatic carbocycles. The smallest absolute Gasteiger partial charge is 0.267 e. The minimum atomic E-state index is -0.670. The number of hydrogen-bond acceptors (Lipinski definition) is 3. The first-order valence-corrected chi connectivity index (χ1v) is 6.98. The predicted molar refractivity (Wildman–Crippen MR) is 80.9 cm³/mol. The molecule has 0 saturated heterocycles. The van der Waals surface area contributed by atoms with E-state index in [4.69, 9.17) is 23.2 Å². The van der Waals surface area contributed by atoms with Crippen LogP contribution in [0.4, 0.5) is 0 Å². The molecule has 3 rings (SSSR count). The number of rotatable bonds is 2. The predicted octanol–water partition coefficient (Wildman–Crippen LogP) is 2.93. The summed E-state index contributed by atoms with van der Waals surface area (Å²) in [6, 6.07) is 10.6. The number of halogens is 2. The van der Waals surface area contributed by atoms with Gasteiger partial charge in [-0.1, -0.05) is 35.3 Å². The van der Waals surface area contributed by atoms with Gasteiger partial charge in [0.2, 0.25) is 0 Å². The Hall–Kier alpha value is -2.37. The summed E-state index contributed by atoms with van der Waals surface area (Å²) in [7, 11) is 0. The monoisotopic (exact) mass is 334 g/mol.